The zero-order valence-electron chi connectivity index (χ0n) is 10.6. The van der Waals surface area contributed by atoms with E-state index in [-0.39, 0.29) is 0 Å². The summed E-state index contributed by atoms with van der Waals surface area (Å²) in [5, 5.41) is 0. The lowest BCUT2D eigenvalue weighted by atomic mass is 9.97. The first-order valence-electron chi connectivity index (χ1n) is 6.62. The molecule has 15 heavy (non-hydrogen) atoms. The van der Waals surface area contributed by atoms with Crippen LogP contribution in [0.5, 0.6) is 0 Å². The molecule has 92 valence electrons. The number of unbranched alkanes of at least 4 members (excludes halogenated alkanes) is 2. The second kappa shape index (κ2) is 12.0. The Bertz CT molecular complexity index is 109. The number of rotatable bonds is 11. The second-order valence-electron chi connectivity index (χ2n) is 4.37. The molecule has 0 aliphatic rings. The summed E-state index contributed by atoms with van der Waals surface area (Å²) in [5.41, 5.74) is 5.43. The molecular weight excluding hydrogens is 186 g/mol. The van der Waals surface area contributed by atoms with Crippen molar-refractivity contribution in [3.05, 3.63) is 0 Å². The van der Waals surface area contributed by atoms with Gasteiger partial charge in [0.25, 0.3) is 0 Å². The van der Waals surface area contributed by atoms with Crippen LogP contribution in [0.3, 0.4) is 0 Å². The molecule has 0 aliphatic heterocycles. The van der Waals surface area contributed by atoms with Gasteiger partial charge in [0.1, 0.15) is 0 Å². The minimum absolute atomic E-state index is 0.745. The topological polar surface area (TPSA) is 35.2 Å². The molecule has 0 saturated carbocycles. The molecule has 0 radical (unpaired) electrons. The van der Waals surface area contributed by atoms with Gasteiger partial charge in [0, 0.05) is 13.2 Å². The molecule has 0 unspecified atom stereocenters. The molecule has 0 heterocycles. The van der Waals surface area contributed by atoms with Crippen molar-refractivity contribution in [2.45, 2.75) is 58.8 Å². The van der Waals surface area contributed by atoms with Crippen LogP contribution in [0.25, 0.3) is 0 Å². The molecule has 0 aromatic carbocycles. The monoisotopic (exact) mass is 215 g/mol. The minimum Gasteiger partial charge on any atom is -0.381 e. The lowest BCUT2D eigenvalue weighted by Gasteiger charge is -2.16. The highest BCUT2D eigenvalue weighted by Gasteiger charge is 2.07. The molecule has 0 aromatic heterocycles. The van der Waals surface area contributed by atoms with Crippen molar-refractivity contribution in [2.75, 3.05) is 19.8 Å². The van der Waals surface area contributed by atoms with Crippen LogP contribution in [-0.4, -0.2) is 19.8 Å². The Kier molecular flexibility index (Phi) is 11.9. The van der Waals surface area contributed by atoms with Crippen LogP contribution in [0.1, 0.15) is 58.8 Å². The third kappa shape index (κ3) is 10.2. The summed E-state index contributed by atoms with van der Waals surface area (Å²) in [6.07, 6.45) is 8.94. The Balaban J connectivity index is 3.49. The molecule has 2 N–H and O–H groups in total. The van der Waals surface area contributed by atoms with Crippen molar-refractivity contribution < 1.29 is 4.74 Å². The zero-order chi connectivity index (χ0) is 11.4. The van der Waals surface area contributed by atoms with Gasteiger partial charge in [0.15, 0.2) is 0 Å². The standard InChI is InChI=1S/C13H29NO/c1-3-5-8-13(9-6-4-2)12-15-11-7-10-14/h13H,3-12,14H2,1-2H3. The van der Waals surface area contributed by atoms with E-state index in [0.29, 0.717) is 0 Å². The third-order valence-electron chi connectivity index (χ3n) is 2.78. The smallest absolute Gasteiger partial charge is 0.0494 e. The van der Waals surface area contributed by atoms with E-state index in [9.17, 15) is 0 Å². The molecule has 0 atom stereocenters. The molecule has 0 saturated heterocycles. The fraction of sp³-hybridized carbons (Fsp3) is 1.00. The summed E-state index contributed by atoms with van der Waals surface area (Å²) in [7, 11) is 0. The van der Waals surface area contributed by atoms with Crippen molar-refractivity contribution in [2.24, 2.45) is 11.7 Å². The van der Waals surface area contributed by atoms with Crippen molar-refractivity contribution in [3.8, 4) is 0 Å². The van der Waals surface area contributed by atoms with Crippen LogP contribution in [0.2, 0.25) is 0 Å². The maximum absolute atomic E-state index is 5.65. The summed E-state index contributed by atoms with van der Waals surface area (Å²) in [4.78, 5) is 0. The molecule has 0 spiro atoms. The minimum atomic E-state index is 0.745. The molecule has 2 nitrogen and oxygen atoms in total. The van der Waals surface area contributed by atoms with Crippen molar-refractivity contribution in [3.63, 3.8) is 0 Å². The highest BCUT2D eigenvalue weighted by molar-refractivity contribution is 4.58. The first-order valence-corrected chi connectivity index (χ1v) is 6.62. The quantitative estimate of drug-likeness (QED) is 0.536. The molecule has 0 amide bonds. The molecule has 0 fully saturated rings. The predicted octanol–water partition coefficient (Wildman–Crippen LogP) is 3.35. The van der Waals surface area contributed by atoms with Gasteiger partial charge in [-0.1, -0.05) is 39.5 Å². The van der Waals surface area contributed by atoms with E-state index in [4.69, 9.17) is 10.5 Å². The zero-order valence-corrected chi connectivity index (χ0v) is 10.6. The summed E-state index contributed by atoms with van der Waals surface area (Å²) in [6, 6.07) is 0. The van der Waals surface area contributed by atoms with Crippen LogP contribution < -0.4 is 5.73 Å². The van der Waals surface area contributed by atoms with E-state index in [1.54, 1.807) is 0 Å². The molecule has 2 heteroatoms. The van der Waals surface area contributed by atoms with Crippen LogP contribution in [0.4, 0.5) is 0 Å². The lowest BCUT2D eigenvalue weighted by Crippen LogP contribution is -2.12. The normalized spacial score (nSPS) is 11.2. The average Bonchev–Trinajstić information content (AvgIpc) is 2.27. The Labute approximate surface area is 95.6 Å². The summed E-state index contributed by atoms with van der Waals surface area (Å²) in [6.45, 7) is 7.04. The van der Waals surface area contributed by atoms with E-state index < -0.39 is 0 Å². The molecule has 0 aliphatic carbocycles. The first-order chi connectivity index (χ1) is 7.35. The average molecular weight is 215 g/mol. The molecular formula is C13H29NO. The van der Waals surface area contributed by atoms with Gasteiger partial charge in [0.05, 0.1) is 0 Å². The predicted molar refractivity (Wildman–Crippen MR) is 67.0 cm³/mol. The maximum Gasteiger partial charge on any atom is 0.0494 e. The summed E-state index contributed by atoms with van der Waals surface area (Å²) in [5.74, 6) is 0.780. The fourth-order valence-corrected chi connectivity index (χ4v) is 1.73. The van der Waals surface area contributed by atoms with Gasteiger partial charge in [-0.2, -0.15) is 0 Å². The van der Waals surface area contributed by atoms with Crippen LogP contribution in [0, 0.1) is 5.92 Å². The van der Waals surface area contributed by atoms with E-state index in [0.717, 1.165) is 32.1 Å². The van der Waals surface area contributed by atoms with Crippen LogP contribution in [0.15, 0.2) is 0 Å². The van der Waals surface area contributed by atoms with E-state index in [2.05, 4.69) is 13.8 Å². The second-order valence-corrected chi connectivity index (χ2v) is 4.37. The first kappa shape index (κ1) is 14.9. The highest BCUT2D eigenvalue weighted by atomic mass is 16.5. The number of ether oxygens (including phenoxy) is 1. The van der Waals surface area contributed by atoms with Crippen LogP contribution in [-0.2, 0) is 4.74 Å². The molecule has 0 aromatic rings. The maximum atomic E-state index is 5.65. The van der Waals surface area contributed by atoms with Crippen molar-refractivity contribution >= 4 is 0 Å². The van der Waals surface area contributed by atoms with Gasteiger partial charge in [0.2, 0.25) is 0 Å². The van der Waals surface area contributed by atoms with Gasteiger partial charge in [-0.25, -0.2) is 0 Å². The van der Waals surface area contributed by atoms with Gasteiger partial charge in [-0.15, -0.1) is 0 Å². The van der Waals surface area contributed by atoms with Crippen molar-refractivity contribution in [1.29, 1.82) is 0 Å². The Morgan fingerprint density at radius 3 is 2.07 bits per heavy atom. The fourth-order valence-electron chi connectivity index (χ4n) is 1.73. The van der Waals surface area contributed by atoms with E-state index in [1.807, 2.05) is 0 Å². The Morgan fingerprint density at radius 2 is 1.60 bits per heavy atom. The van der Waals surface area contributed by atoms with E-state index >= 15 is 0 Å². The van der Waals surface area contributed by atoms with E-state index in [1.165, 1.54) is 38.5 Å². The summed E-state index contributed by atoms with van der Waals surface area (Å²) < 4.78 is 5.65. The largest absolute Gasteiger partial charge is 0.381 e. The Hall–Kier alpha value is -0.0800. The SMILES string of the molecule is CCCCC(CCCC)COCCCN. The van der Waals surface area contributed by atoms with Crippen LogP contribution >= 0.6 is 0 Å². The highest BCUT2D eigenvalue weighted by Crippen LogP contribution is 2.16. The number of hydrogen-bond donors (Lipinski definition) is 1. The van der Waals surface area contributed by atoms with Crippen molar-refractivity contribution in [1.82, 2.24) is 0 Å². The number of nitrogens with two attached hydrogens (primary N) is 1. The Morgan fingerprint density at radius 1 is 1.00 bits per heavy atom. The summed E-state index contributed by atoms with van der Waals surface area (Å²) >= 11 is 0. The van der Waals surface area contributed by atoms with Gasteiger partial charge in [-0.3, -0.25) is 0 Å². The van der Waals surface area contributed by atoms with Gasteiger partial charge in [-0.05, 0) is 31.7 Å². The number of hydrogen-bond acceptors (Lipinski definition) is 2. The molecule has 0 rings (SSSR count). The molecule has 0 bridgehead atoms. The van der Waals surface area contributed by atoms with Gasteiger partial charge >= 0.3 is 0 Å². The third-order valence-corrected chi connectivity index (χ3v) is 2.78. The lowest BCUT2D eigenvalue weighted by molar-refractivity contribution is 0.0907. The van der Waals surface area contributed by atoms with Gasteiger partial charge < -0.3 is 10.5 Å².